The molecule has 1 aromatic carbocycles. The van der Waals surface area contributed by atoms with E-state index in [0.29, 0.717) is 55.8 Å². The zero-order valence-corrected chi connectivity index (χ0v) is 18.4. The molecule has 2 aromatic rings. The van der Waals surface area contributed by atoms with Gasteiger partial charge in [0.2, 0.25) is 0 Å². The molecule has 3 fully saturated rings. The number of hydrogen-bond acceptors (Lipinski definition) is 7. The van der Waals surface area contributed by atoms with E-state index in [1.165, 1.54) is 7.11 Å². The van der Waals surface area contributed by atoms with Crippen LogP contribution in [-0.2, 0) is 4.74 Å². The maximum Gasteiger partial charge on any atom is 0.337 e. The van der Waals surface area contributed by atoms with Gasteiger partial charge in [-0.2, -0.15) is 0 Å². The van der Waals surface area contributed by atoms with E-state index in [4.69, 9.17) is 4.74 Å². The summed E-state index contributed by atoms with van der Waals surface area (Å²) in [6.07, 6.45) is 3.36. The summed E-state index contributed by atoms with van der Waals surface area (Å²) in [5.74, 6) is -0.743. The highest BCUT2D eigenvalue weighted by atomic mass is 16.5. The van der Waals surface area contributed by atoms with E-state index in [1.807, 2.05) is 4.90 Å². The van der Waals surface area contributed by atoms with Crippen LogP contribution in [0, 0.1) is 0 Å². The maximum absolute atomic E-state index is 13.1. The number of pyridine rings is 1. The maximum atomic E-state index is 13.1. The molecule has 172 valence electrons. The summed E-state index contributed by atoms with van der Waals surface area (Å²) in [5.41, 5.74) is 0.886. The van der Waals surface area contributed by atoms with Crippen molar-refractivity contribution in [2.75, 3.05) is 39.8 Å². The fourth-order valence-electron chi connectivity index (χ4n) is 5.41. The minimum atomic E-state index is -0.490. The third-order valence-corrected chi connectivity index (χ3v) is 6.90. The predicted molar refractivity (Wildman–Crippen MR) is 118 cm³/mol. The lowest BCUT2D eigenvalue weighted by atomic mass is 9.83. The molecule has 3 aliphatic heterocycles. The zero-order chi connectivity index (χ0) is 23.2. The summed E-state index contributed by atoms with van der Waals surface area (Å²) in [4.78, 5) is 48.0. The molecule has 9 nitrogen and oxygen atoms in total. The summed E-state index contributed by atoms with van der Waals surface area (Å²) in [6.45, 7) is 2.47. The van der Waals surface area contributed by atoms with Crippen molar-refractivity contribution in [3.8, 4) is 0 Å². The van der Waals surface area contributed by atoms with Gasteiger partial charge in [0.1, 0.15) is 0 Å². The van der Waals surface area contributed by atoms with Crippen molar-refractivity contribution < 1.29 is 24.2 Å². The van der Waals surface area contributed by atoms with Gasteiger partial charge in [-0.15, -0.1) is 0 Å². The van der Waals surface area contributed by atoms with Gasteiger partial charge >= 0.3 is 5.97 Å². The molecule has 1 aromatic heterocycles. The number of benzene rings is 1. The van der Waals surface area contributed by atoms with Gasteiger partial charge in [0.15, 0.2) is 0 Å². The van der Waals surface area contributed by atoms with E-state index in [9.17, 15) is 19.5 Å². The number of piperazine rings is 1. The van der Waals surface area contributed by atoms with Gasteiger partial charge in [-0.1, -0.05) is 6.07 Å². The number of aliphatic hydroxyl groups is 1. The number of amides is 2. The minimum absolute atomic E-state index is 0.0503. The SMILES string of the molecule is COC(=O)c1cccc(C(=O)N2CC3(CN(C(=O)c4cccnc4)C[C@H]4C[C@@H](O)CN43)C2)c1. The third-order valence-electron chi connectivity index (χ3n) is 6.90. The molecule has 3 saturated heterocycles. The smallest absolute Gasteiger partial charge is 0.337 e. The fourth-order valence-corrected chi connectivity index (χ4v) is 5.41. The number of aromatic nitrogens is 1. The summed E-state index contributed by atoms with van der Waals surface area (Å²) in [7, 11) is 1.30. The number of likely N-dealkylation sites (tertiary alicyclic amines) is 1. The standard InChI is InChI=1S/C24H26N4O5/c1-33-23(32)17-5-2-4-16(8-17)21(30)27-14-24(15-27)13-26(11-19-9-20(29)12-28(19)24)22(31)18-6-3-7-25-10-18/h2-8,10,19-20,29H,9,11-15H2,1H3/t19-,20-/m1/s1. The number of nitrogens with zero attached hydrogens (tertiary/aromatic N) is 4. The number of carbonyl (C=O) groups excluding carboxylic acids is 3. The summed E-state index contributed by atoms with van der Waals surface area (Å²) in [6, 6.07) is 10.0. The van der Waals surface area contributed by atoms with Gasteiger partial charge in [0.25, 0.3) is 11.8 Å². The zero-order valence-electron chi connectivity index (χ0n) is 18.4. The van der Waals surface area contributed by atoms with Gasteiger partial charge in [0.05, 0.1) is 29.9 Å². The Morgan fingerprint density at radius 1 is 1.00 bits per heavy atom. The van der Waals surface area contributed by atoms with Gasteiger partial charge in [-0.05, 0) is 36.8 Å². The van der Waals surface area contributed by atoms with Crippen molar-refractivity contribution in [2.45, 2.75) is 24.1 Å². The number of ether oxygens (including phenoxy) is 1. The van der Waals surface area contributed by atoms with Gasteiger partial charge < -0.3 is 19.6 Å². The first-order chi connectivity index (χ1) is 15.9. The van der Waals surface area contributed by atoms with Gasteiger partial charge in [-0.25, -0.2) is 4.79 Å². The Kier molecular flexibility index (Phi) is 5.38. The Balaban J connectivity index is 1.35. The van der Waals surface area contributed by atoms with Crippen molar-refractivity contribution in [1.82, 2.24) is 19.7 Å². The minimum Gasteiger partial charge on any atom is -0.465 e. The molecule has 2 amide bonds. The van der Waals surface area contributed by atoms with Crippen LogP contribution in [0.3, 0.4) is 0 Å². The highest BCUT2D eigenvalue weighted by Crippen LogP contribution is 2.39. The van der Waals surface area contributed by atoms with E-state index in [2.05, 4.69) is 9.88 Å². The second-order valence-electron chi connectivity index (χ2n) is 9.08. The van der Waals surface area contributed by atoms with Crippen LogP contribution in [0.2, 0.25) is 0 Å². The molecule has 1 spiro atoms. The number of esters is 1. The molecule has 4 heterocycles. The van der Waals surface area contributed by atoms with Crippen LogP contribution in [0.1, 0.15) is 37.5 Å². The molecule has 0 saturated carbocycles. The molecule has 1 N–H and O–H groups in total. The lowest BCUT2D eigenvalue weighted by molar-refractivity contribution is -0.0917. The number of methoxy groups -OCH3 is 1. The number of aliphatic hydroxyl groups excluding tert-OH is 1. The molecular weight excluding hydrogens is 424 g/mol. The van der Waals surface area contributed by atoms with E-state index in [0.717, 1.165) is 0 Å². The van der Waals surface area contributed by atoms with Crippen LogP contribution in [0.5, 0.6) is 0 Å². The second-order valence-corrected chi connectivity index (χ2v) is 9.08. The highest BCUT2D eigenvalue weighted by Gasteiger charge is 2.57. The lowest BCUT2D eigenvalue weighted by Crippen LogP contribution is -2.79. The largest absolute Gasteiger partial charge is 0.465 e. The Hall–Kier alpha value is -3.30. The highest BCUT2D eigenvalue weighted by molar-refractivity contribution is 5.98. The second kappa shape index (κ2) is 8.24. The van der Waals surface area contributed by atoms with Crippen LogP contribution in [-0.4, -0.2) is 100 Å². The molecule has 3 aliphatic rings. The van der Waals surface area contributed by atoms with Crippen molar-refractivity contribution >= 4 is 17.8 Å². The Bertz CT molecular complexity index is 1090. The van der Waals surface area contributed by atoms with Gasteiger partial charge in [0, 0.05) is 56.7 Å². The predicted octanol–water partition coefficient (Wildman–Crippen LogP) is 0.654. The van der Waals surface area contributed by atoms with E-state index >= 15 is 0 Å². The van der Waals surface area contributed by atoms with Crippen LogP contribution < -0.4 is 0 Å². The van der Waals surface area contributed by atoms with Crippen molar-refractivity contribution in [1.29, 1.82) is 0 Å². The molecule has 9 heteroatoms. The molecular formula is C24H26N4O5. The third kappa shape index (κ3) is 3.77. The summed E-state index contributed by atoms with van der Waals surface area (Å²) >= 11 is 0. The Morgan fingerprint density at radius 3 is 2.42 bits per heavy atom. The first-order valence-electron chi connectivity index (χ1n) is 11.0. The van der Waals surface area contributed by atoms with Gasteiger partial charge in [-0.3, -0.25) is 19.5 Å². The van der Waals surface area contributed by atoms with Crippen LogP contribution in [0.15, 0.2) is 48.8 Å². The Morgan fingerprint density at radius 2 is 1.70 bits per heavy atom. The van der Waals surface area contributed by atoms with Crippen molar-refractivity contribution in [3.63, 3.8) is 0 Å². The normalized spacial score (nSPS) is 23.7. The van der Waals surface area contributed by atoms with Crippen molar-refractivity contribution in [2.24, 2.45) is 0 Å². The molecule has 33 heavy (non-hydrogen) atoms. The molecule has 0 aliphatic carbocycles. The Labute approximate surface area is 191 Å². The van der Waals surface area contributed by atoms with Crippen LogP contribution >= 0.6 is 0 Å². The van der Waals surface area contributed by atoms with Crippen molar-refractivity contribution in [3.05, 3.63) is 65.5 Å². The topological polar surface area (TPSA) is 103 Å². The number of rotatable bonds is 3. The molecule has 2 atom stereocenters. The first kappa shape index (κ1) is 21.5. The number of β-amino-alcohol motifs (C(OH)–C–C–N with tert-alkyl or cyclic N) is 1. The van der Waals surface area contributed by atoms with E-state index in [-0.39, 0.29) is 17.9 Å². The van der Waals surface area contributed by atoms with Crippen LogP contribution in [0.4, 0.5) is 0 Å². The quantitative estimate of drug-likeness (QED) is 0.685. The van der Waals surface area contributed by atoms with E-state index in [1.54, 1.807) is 53.7 Å². The molecule has 5 rings (SSSR count). The molecule has 0 radical (unpaired) electrons. The fraction of sp³-hybridized carbons (Fsp3) is 0.417. The lowest BCUT2D eigenvalue weighted by Gasteiger charge is -2.60. The molecule has 0 unspecified atom stereocenters. The summed E-state index contributed by atoms with van der Waals surface area (Å²) < 4.78 is 4.75. The number of carbonyl (C=O) groups is 3. The molecule has 0 bridgehead atoms. The van der Waals surface area contributed by atoms with E-state index < -0.39 is 17.6 Å². The van der Waals surface area contributed by atoms with Crippen LogP contribution in [0.25, 0.3) is 0 Å². The monoisotopic (exact) mass is 450 g/mol. The number of fused-ring (bicyclic) bond motifs is 2. The first-order valence-corrected chi connectivity index (χ1v) is 11.0. The average molecular weight is 450 g/mol. The average Bonchev–Trinajstić information content (AvgIpc) is 3.21. The number of hydrogen-bond donors (Lipinski definition) is 1. The summed E-state index contributed by atoms with van der Waals surface area (Å²) in [5, 5.41) is 10.3.